The van der Waals surface area contributed by atoms with Crippen LogP contribution in [0.15, 0.2) is 72.0 Å². The molecule has 2 nitrogen and oxygen atoms in total. The molecule has 1 aromatic rings. The lowest BCUT2D eigenvalue weighted by Gasteiger charge is -1.90. The topological polar surface area (TPSA) is 24.7 Å². The van der Waals surface area contributed by atoms with Crippen molar-refractivity contribution in [1.29, 1.82) is 0 Å². The van der Waals surface area contributed by atoms with E-state index in [-0.39, 0.29) is 0 Å². The first-order valence-electron chi connectivity index (χ1n) is 7.38. The molecule has 0 atom stereocenters. The van der Waals surface area contributed by atoms with Crippen LogP contribution in [0.3, 0.4) is 0 Å². The van der Waals surface area contributed by atoms with Gasteiger partial charge in [0.25, 0.3) is 0 Å². The van der Waals surface area contributed by atoms with Gasteiger partial charge < -0.3 is 0 Å². The quantitative estimate of drug-likeness (QED) is 0.323. The zero-order chi connectivity index (χ0) is 16.9. The van der Waals surface area contributed by atoms with Crippen LogP contribution in [0.5, 0.6) is 0 Å². The summed E-state index contributed by atoms with van der Waals surface area (Å²) in [6, 6.07) is 7.93. The summed E-state index contributed by atoms with van der Waals surface area (Å²) in [5.41, 5.74) is 2.16. The smallest absolute Gasteiger partial charge is 0.0852 e. The standard InChI is InChI=1S/C8H10N2.C7H12.C2H6.C2H4/c1-7-3-5-8(6-4-7)10-9-2;1-3-5-7-6-4-2;2*1-2/h3-6H,1-2H3;3,5-7H,4H2,1-2H3;1-2H3;1-2H2/b;5-3-,7-6-;;. The van der Waals surface area contributed by atoms with E-state index in [1.54, 1.807) is 7.05 Å². The van der Waals surface area contributed by atoms with Gasteiger partial charge in [-0.15, -0.1) is 13.2 Å². The Hall–Kier alpha value is -1.96. The second-order valence-electron chi connectivity index (χ2n) is 3.50. The summed E-state index contributed by atoms with van der Waals surface area (Å²) in [5.74, 6) is 0. The van der Waals surface area contributed by atoms with Crippen molar-refractivity contribution < 1.29 is 0 Å². The molecular formula is C19H32N2. The van der Waals surface area contributed by atoms with Crippen LogP contribution in [-0.4, -0.2) is 7.05 Å². The summed E-state index contributed by atoms with van der Waals surface area (Å²) in [6.45, 7) is 16.2. The minimum absolute atomic E-state index is 0.910. The molecule has 0 aromatic heterocycles. The normalized spacial score (nSPS) is 9.43. The Morgan fingerprint density at radius 1 is 1.05 bits per heavy atom. The summed E-state index contributed by atoms with van der Waals surface area (Å²) in [6.07, 6.45) is 9.36. The van der Waals surface area contributed by atoms with Gasteiger partial charge in [-0.05, 0) is 32.4 Å². The Bertz CT molecular complexity index is 373. The van der Waals surface area contributed by atoms with Crippen LogP contribution in [-0.2, 0) is 0 Å². The Morgan fingerprint density at radius 3 is 1.95 bits per heavy atom. The van der Waals surface area contributed by atoms with Gasteiger partial charge in [0.2, 0.25) is 0 Å². The SMILES string of the molecule is C/C=C\C=C/CC.C=C.CC.CN=Nc1ccc(C)cc1. The third-order valence-corrected chi connectivity index (χ3v) is 1.92. The summed E-state index contributed by atoms with van der Waals surface area (Å²) in [7, 11) is 1.67. The minimum Gasteiger partial charge on any atom is -0.192 e. The molecule has 2 heteroatoms. The lowest BCUT2D eigenvalue weighted by atomic mass is 10.2. The van der Waals surface area contributed by atoms with E-state index in [0.29, 0.717) is 0 Å². The minimum atomic E-state index is 0.910. The third-order valence-electron chi connectivity index (χ3n) is 1.92. The molecule has 0 saturated carbocycles. The van der Waals surface area contributed by atoms with Crippen molar-refractivity contribution in [2.24, 2.45) is 10.2 Å². The summed E-state index contributed by atoms with van der Waals surface area (Å²) in [4.78, 5) is 0. The van der Waals surface area contributed by atoms with Gasteiger partial charge in [0, 0.05) is 7.05 Å². The third kappa shape index (κ3) is 20.5. The monoisotopic (exact) mass is 288 g/mol. The van der Waals surface area contributed by atoms with Gasteiger partial charge in [0.1, 0.15) is 0 Å². The molecule has 0 aliphatic rings. The molecule has 0 unspecified atom stereocenters. The largest absolute Gasteiger partial charge is 0.192 e. The molecule has 0 radical (unpaired) electrons. The van der Waals surface area contributed by atoms with Crippen LogP contribution < -0.4 is 0 Å². The molecule has 21 heavy (non-hydrogen) atoms. The van der Waals surface area contributed by atoms with Gasteiger partial charge in [-0.25, -0.2) is 0 Å². The number of rotatable bonds is 3. The number of aryl methyl sites for hydroxylation is 1. The van der Waals surface area contributed by atoms with Crippen LogP contribution in [0.2, 0.25) is 0 Å². The Labute approximate surface area is 132 Å². The van der Waals surface area contributed by atoms with Crippen molar-refractivity contribution in [2.75, 3.05) is 7.05 Å². The first-order valence-corrected chi connectivity index (χ1v) is 7.38. The van der Waals surface area contributed by atoms with E-state index in [0.717, 1.165) is 12.1 Å². The maximum absolute atomic E-state index is 3.87. The van der Waals surface area contributed by atoms with Crippen molar-refractivity contribution in [3.63, 3.8) is 0 Å². The van der Waals surface area contributed by atoms with Gasteiger partial charge in [-0.2, -0.15) is 10.2 Å². The molecule has 0 saturated heterocycles. The molecule has 0 spiro atoms. The van der Waals surface area contributed by atoms with Crippen LogP contribution >= 0.6 is 0 Å². The van der Waals surface area contributed by atoms with Crippen LogP contribution in [0.4, 0.5) is 5.69 Å². The highest BCUT2D eigenvalue weighted by Gasteiger charge is 1.85. The van der Waals surface area contributed by atoms with Gasteiger partial charge in [-0.1, -0.05) is 62.8 Å². The van der Waals surface area contributed by atoms with Crippen molar-refractivity contribution >= 4 is 5.69 Å². The predicted octanol–water partition coefficient (Wildman–Crippen LogP) is 7.07. The molecule has 0 heterocycles. The average Bonchev–Trinajstić information content (AvgIpc) is 2.55. The maximum atomic E-state index is 3.87. The van der Waals surface area contributed by atoms with E-state index in [4.69, 9.17) is 0 Å². The number of hydrogen-bond donors (Lipinski definition) is 0. The first kappa shape index (κ1) is 24.1. The second kappa shape index (κ2) is 23.2. The molecule has 1 aromatic carbocycles. The molecule has 1 rings (SSSR count). The molecule has 0 bridgehead atoms. The fourth-order valence-corrected chi connectivity index (χ4v) is 1.05. The fourth-order valence-electron chi connectivity index (χ4n) is 1.05. The van der Waals surface area contributed by atoms with Crippen molar-refractivity contribution in [3.8, 4) is 0 Å². The highest BCUT2D eigenvalue weighted by Crippen LogP contribution is 2.11. The van der Waals surface area contributed by atoms with E-state index in [1.165, 1.54) is 5.56 Å². The molecule has 118 valence electrons. The van der Waals surface area contributed by atoms with E-state index in [2.05, 4.69) is 42.5 Å². The Kier molecular flexibility index (Phi) is 26.6. The lowest BCUT2D eigenvalue weighted by molar-refractivity contribution is 1.17. The van der Waals surface area contributed by atoms with Crippen LogP contribution in [0.1, 0.15) is 39.7 Å². The summed E-state index contributed by atoms with van der Waals surface area (Å²) >= 11 is 0. The average molecular weight is 288 g/mol. The number of allylic oxidation sites excluding steroid dienone is 4. The lowest BCUT2D eigenvalue weighted by Crippen LogP contribution is -1.67. The number of nitrogens with zero attached hydrogens (tertiary/aromatic N) is 2. The zero-order valence-electron chi connectivity index (χ0n) is 14.6. The Morgan fingerprint density at radius 2 is 1.57 bits per heavy atom. The summed E-state index contributed by atoms with van der Waals surface area (Å²) in [5, 5.41) is 7.53. The highest BCUT2D eigenvalue weighted by molar-refractivity contribution is 5.37. The maximum Gasteiger partial charge on any atom is 0.0852 e. The van der Waals surface area contributed by atoms with Crippen molar-refractivity contribution in [3.05, 3.63) is 67.3 Å². The van der Waals surface area contributed by atoms with Crippen molar-refractivity contribution in [2.45, 2.75) is 41.0 Å². The molecule has 0 fully saturated rings. The van der Waals surface area contributed by atoms with Gasteiger partial charge in [-0.3, -0.25) is 0 Å². The first-order chi connectivity index (χ1) is 10.2. The van der Waals surface area contributed by atoms with Gasteiger partial charge in [0.15, 0.2) is 0 Å². The van der Waals surface area contributed by atoms with Gasteiger partial charge >= 0.3 is 0 Å². The molecular weight excluding hydrogens is 256 g/mol. The zero-order valence-corrected chi connectivity index (χ0v) is 14.6. The predicted molar refractivity (Wildman–Crippen MR) is 98.5 cm³/mol. The molecule has 0 N–H and O–H groups in total. The fraction of sp³-hybridized carbons (Fsp3) is 0.368. The molecule has 0 aliphatic heterocycles. The van der Waals surface area contributed by atoms with E-state index in [1.807, 2.05) is 64.1 Å². The molecule has 0 aliphatic carbocycles. The number of benzene rings is 1. The number of azo groups is 1. The summed E-state index contributed by atoms with van der Waals surface area (Å²) < 4.78 is 0. The van der Waals surface area contributed by atoms with E-state index >= 15 is 0 Å². The second-order valence-corrected chi connectivity index (χ2v) is 3.50. The van der Waals surface area contributed by atoms with Crippen LogP contribution in [0, 0.1) is 6.92 Å². The van der Waals surface area contributed by atoms with Gasteiger partial charge in [0.05, 0.1) is 5.69 Å². The van der Waals surface area contributed by atoms with Crippen molar-refractivity contribution in [1.82, 2.24) is 0 Å². The van der Waals surface area contributed by atoms with E-state index in [9.17, 15) is 0 Å². The highest BCUT2D eigenvalue weighted by atomic mass is 15.1. The number of hydrogen-bond acceptors (Lipinski definition) is 2. The molecule has 0 amide bonds. The van der Waals surface area contributed by atoms with Crippen LogP contribution in [0.25, 0.3) is 0 Å². The Balaban J connectivity index is -0.000000260. The van der Waals surface area contributed by atoms with E-state index < -0.39 is 0 Å².